The first-order valence-electron chi connectivity index (χ1n) is 8.66. The zero-order chi connectivity index (χ0) is 17.3. The number of hydrogen-bond acceptors (Lipinski definition) is 4. The second kappa shape index (κ2) is 6.59. The van der Waals surface area contributed by atoms with Crippen LogP contribution in [0.15, 0.2) is 41.4 Å². The van der Waals surface area contributed by atoms with E-state index >= 15 is 0 Å². The zero-order valence-electron chi connectivity index (χ0n) is 14.0. The van der Waals surface area contributed by atoms with Crippen LogP contribution in [0.3, 0.4) is 0 Å². The van der Waals surface area contributed by atoms with Crippen LogP contribution in [-0.4, -0.2) is 40.3 Å². The highest BCUT2D eigenvalue weighted by atomic mass is 32.1. The summed E-state index contributed by atoms with van der Waals surface area (Å²) in [6.45, 7) is 1.40. The SMILES string of the molecule is O=C1C[C@@H](c2ccncc2)C2(CCN(C(=O)Cc3ccsc3)CC2)N1. The van der Waals surface area contributed by atoms with E-state index in [1.54, 1.807) is 23.7 Å². The average Bonchev–Trinajstić information content (AvgIpc) is 3.24. The van der Waals surface area contributed by atoms with Gasteiger partial charge in [-0.05, 0) is 52.9 Å². The lowest BCUT2D eigenvalue weighted by molar-refractivity contribution is -0.132. The standard InChI is InChI=1S/C19H21N3O2S/c23-17-12-16(15-1-6-20-7-2-15)19(21-17)4-8-22(9-5-19)18(24)11-14-3-10-25-13-14/h1-3,6-7,10,13,16H,4-5,8-9,11-12H2,(H,21,23)/t16-/m0/s1. The second-order valence-corrected chi connectivity index (χ2v) is 7.71. The number of carbonyl (C=O) groups excluding carboxylic acids is 2. The molecule has 0 saturated carbocycles. The Morgan fingerprint density at radius 3 is 2.72 bits per heavy atom. The monoisotopic (exact) mass is 355 g/mol. The Bertz CT molecular complexity index is 752. The lowest BCUT2D eigenvalue weighted by Gasteiger charge is -2.43. The number of amides is 2. The minimum atomic E-state index is -0.225. The first-order valence-corrected chi connectivity index (χ1v) is 9.60. The van der Waals surface area contributed by atoms with Crippen molar-refractivity contribution in [3.8, 4) is 0 Å². The van der Waals surface area contributed by atoms with Gasteiger partial charge in [0.25, 0.3) is 0 Å². The predicted molar refractivity (Wildman–Crippen MR) is 96.3 cm³/mol. The van der Waals surface area contributed by atoms with E-state index < -0.39 is 0 Å². The normalized spacial score (nSPS) is 22.2. The van der Waals surface area contributed by atoms with Crippen LogP contribution >= 0.6 is 11.3 Å². The third-order valence-corrected chi connectivity index (χ3v) is 6.23. The van der Waals surface area contributed by atoms with Crippen LogP contribution in [0.25, 0.3) is 0 Å². The van der Waals surface area contributed by atoms with Crippen LogP contribution in [0.4, 0.5) is 0 Å². The molecule has 0 radical (unpaired) electrons. The van der Waals surface area contributed by atoms with E-state index in [0.717, 1.165) is 24.0 Å². The number of aromatic nitrogens is 1. The molecule has 2 fully saturated rings. The largest absolute Gasteiger partial charge is 0.350 e. The first-order chi connectivity index (χ1) is 12.2. The van der Waals surface area contributed by atoms with Gasteiger partial charge in [0.05, 0.1) is 12.0 Å². The molecule has 0 aliphatic carbocycles. The van der Waals surface area contributed by atoms with Gasteiger partial charge < -0.3 is 10.2 Å². The minimum absolute atomic E-state index is 0.111. The molecule has 25 heavy (non-hydrogen) atoms. The summed E-state index contributed by atoms with van der Waals surface area (Å²) in [7, 11) is 0. The van der Waals surface area contributed by atoms with Crippen molar-refractivity contribution in [2.75, 3.05) is 13.1 Å². The quantitative estimate of drug-likeness (QED) is 0.919. The van der Waals surface area contributed by atoms with E-state index in [2.05, 4.69) is 10.3 Å². The van der Waals surface area contributed by atoms with E-state index in [1.165, 1.54) is 0 Å². The van der Waals surface area contributed by atoms with Gasteiger partial charge >= 0.3 is 0 Å². The molecular formula is C19H21N3O2S. The topological polar surface area (TPSA) is 62.3 Å². The molecule has 1 spiro atoms. The Labute approximate surface area is 151 Å². The summed E-state index contributed by atoms with van der Waals surface area (Å²) < 4.78 is 0. The van der Waals surface area contributed by atoms with Crippen molar-refractivity contribution in [3.63, 3.8) is 0 Å². The van der Waals surface area contributed by atoms with Gasteiger partial charge in [0, 0.05) is 37.8 Å². The Morgan fingerprint density at radius 1 is 1.28 bits per heavy atom. The fourth-order valence-corrected chi connectivity index (χ4v) is 4.81. The zero-order valence-corrected chi connectivity index (χ0v) is 14.8. The predicted octanol–water partition coefficient (Wildman–Crippen LogP) is 2.35. The lowest BCUT2D eigenvalue weighted by atomic mass is 9.74. The summed E-state index contributed by atoms with van der Waals surface area (Å²) in [5, 5.41) is 7.26. The number of carbonyl (C=O) groups is 2. The van der Waals surface area contributed by atoms with Gasteiger partial charge in [-0.1, -0.05) is 0 Å². The maximum absolute atomic E-state index is 12.5. The molecule has 4 rings (SSSR count). The highest BCUT2D eigenvalue weighted by Crippen LogP contribution is 2.43. The molecule has 0 unspecified atom stereocenters. The molecule has 2 aromatic rings. The summed E-state index contributed by atoms with van der Waals surface area (Å²) in [6, 6.07) is 6.01. The molecular weight excluding hydrogens is 334 g/mol. The average molecular weight is 355 g/mol. The highest BCUT2D eigenvalue weighted by molar-refractivity contribution is 7.08. The van der Waals surface area contributed by atoms with Crippen LogP contribution in [-0.2, 0) is 16.0 Å². The highest BCUT2D eigenvalue weighted by Gasteiger charge is 2.49. The van der Waals surface area contributed by atoms with Crippen LogP contribution in [0.2, 0.25) is 0 Å². The first kappa shape index (κ1) is 16.3. The van der Waals surface area contributed by atoms with Crippen LogP contribution in [0.1, 0.15) is 36.3 Å². The molecule has 4 heterocycles. The van der Waals surface area contributed by atoms with Crippen LogP contribution in [0, 0.1) is 0 Å². The van der Waals surface area contributed by atoms with E-state index in [0.29, 0.717) is 25.9 Å². The molecule has 2 aliphatic heterocycles. The van der Waals surface area contributed by atoms with Crippen molar-refractivity contribution in [1.29, 1.82) is 0 Å². The van der Waals surface area contributed by atoms with Crippen molar-refractivity contribution < 1.29 is 9.59 Å². The second-order valence-electron chi connectivity index (χ2n) is 6.93. The number of pyridine rings is 1. The van der Waals surface area contributed by atoms with Crippen LogP contribution < -0.4 is 5.32 Å². The smallest absolute Gasteiger partial charge is 0.227 e. The van der Waals surface area contributed by atoms with E-state index in [1.807, 2.05) is 33.9 Å². The van der Waals surface area contributed by atoms with Crippen LogP contribution in [0.5, 0.6) is 0 Å². The van der Waals surface area contributed by atoms with Gasteiger partial charge in [-0.15, -0.1) is 0 Å². The molecule has 6 heteroatoms. The van der Waals surface area contributed by atoms with Gasteiger partial charge in [-0.25, -0.2) is 0 Å². The summed E-state index contributed by atoms with van der Waals surface area (Å²) in [5.41, 5.74) is 2.02. The lowest BCUT2D eigenvalue weighted by Crippen LogP contribution is -2.54. The number of nitrogens with zero attached hydrogens (tertiary/aromatic N) is 2. The van der Waals surface area contributed by atoms with Crippen molar-refractivity contribution in [2.45, 2.75) is 37.1 Å². The third kappa shape index (κ3) is 3.18. The van der Waals surface area contributed by atoms with Crippen molar-refractivity contribution in [3.05, 3.63) is 52.5 Å². The molecule has 2 saturated heterocycles. The molecule has 2 amide bonds. The molecule has 2 aliphatic rings. The van der Waals surface area contributed by atoms with Gasteiger partial charge in [0.15, 0.2) is 0 Å². The Hall–Kier alpha value is -2.21. The summed E-state index contributed by atoms with van der Waals surface area (Å²) in [4.78, 5) is 30.7. The molecule has 2 aromatic heterocycles. The Balaban J connectivity index is 1.46. The fraction of sp³-hybridized carbons (Fsp3) is 0.421. The third-order valence-electron chi connectivity index (χ3n) is 5.50. The van der Waals surface area contributed by atoms with Gasteiger partial charge in [-0.3, -0.25) is 14.6 Å². The number of nitrogens with one attached hydrogen (secondary N) is 1. The molecule has 0 aromatic carbocycles. The van der Waals surface area contributed by atoms with Gasteiger partial charge in [-0.2, -0.15) is 11.3 Å². The van der Waals surface area contributed by atoms with Gasteiger partial charge in [0.2, 0.25) is 11.8 Å². The maximum atomic E-state index is 12.5. The minimum Gasteiger partial charge on any atom is -0.350 e. The molecule has 1 atom stereocenters. The Kier molecular flexibility index (Phi) is 4.29. The van der Waals surface area contributed by atoms with E-state index in [4.69, 9.17) is 0 Å². The summed E-state index contributed by atoms with van der Waals surface area (Å²) in [5.74, 6) is 0.454. The summed E-state index contributed by atoms with van der Waals surface area (Å²) in [6.07, 6.45) is 6.17. The molecule has 5 nitrogen and oxygen atoms in total. The Morgan fingerprint density at radius 2 is 2.04 bits per heavy atom. The fourth-order valence-electron chi connectivity index (χ4n) is 4.14. The van der Waals surface area contributed by atoms with E-state index in [9.17, 15) is 9.59 Å². The number of hydrogen-bond donors (Lipinski definition) is 1. The molecule has 0 bridgehead atoms. The van der Waals surface area contributed by atoms with E-state index in [-0.39, 0.29) is 23.3 Å². The van der Waals surface area contributed by atoms with Crippen molar-refractivity contribution >= 4 is 23.2 Å². The number of thiophene rings is 1. The summed E-state index contributed by atoms with van der Waals surface area (Å²) >= 11 is 1.62. The number of rotatable bonds is 3. The van der Waals surface area contributed by atoms with Crippen molar-refractivity contribution in [1.82, 2.24) is 15.2 Å². The number of piperidine rings is 1. The number of likely N-dealkylation sites (tertiary alicyclic amines) is 1. The van der Waals surface area contributed by atoms with Gasteiger partial charge in [0.1, 0.15) is 0 Å². The maximum Gasteiger partial charge on any atom is 0.227 e. The molecule has 130 valence electrons. The van der Waals surface area contributed by atoms with Crippen molar-refractivity contribution in [2.24, 2.45) is 0 Å². The molecule has 1 N–H and O–H groups in total.